The lowest BCUT2D eigenvalue weighted by atomic mass is 10.1. The summed E-state index contributed by atoms with van der Waals surface area (Å²) < 4.78 is 1.12. The number of nitrogens with two attached hydrogens (primary N) is 1. The van der Waals surface area contributed by atoms with Gasteiger partial charge in [-0.15, -0.1) is 10.2 Å². The zero-order chi connectivity index (χ0) is 12.3. The molecule has 0 radical (unpaired) electrons. The Morgan fingerprint density at radius 3 is 2.88 bits per heavy atom. The average molecular weight is 312 g/mol. The van der Waals surface area contributed by atoms with Crippen molar-refractivity contribution in [3.05, 3.63) is 33.2 Å². The van der Waals surface area contributed by atoms with E-state index in [1.807, 2.05) is 6.07 Å². The van der Waals surface area contributed by atoms with Crippen molar-refractivity contribution in [3.8, 4) is 10.6 Å². The molecule has 2 aromatic rings. The Kier molecular flexibility index (Phi) is 4.25. The second-order valence-electron chi connectivity index (χ2n) is 3.86. The van der Waals surface area contributed by atoms with Gasteiger partial charge in [0.25, 0.3) is 0 Å². The third-order valence-corrected chi connectivity index (χ3v) is 4.39. The fourth-order valence-electron chi connectivity index (χ4n) is 1.50. The monoisotopic (exact) mass is 311 g/mol. The van der Waals surface area contributed by atoms with E-state index < -0.39 is 0 Å². The molecule has 0 spiro atoms. The molecule has 0 amide bonds. The molecule has 2 rings (SSSR count). The molecule has 5 heteroatoms. The van der Waals surface area contributed by atoms with Gasteiger partial charge in [-0.25, -0.2) is 0 Å². The lowest BCUT2D eigenvalue weighted by Gasteiger charge is -1.99. The summed E-state index contributed by atoms with van der Waals surface area (Å²) in [6.45, 7) is 2.77. The number of nitrogens with zero attached hydrogens (tertiary/aromatic N) is 2. The second-order valence-corrected chi connectivity index (χ2v) is 5.77. The number of hydrogen-bond acceptors (Lipinski definition) is 4. The third-order valence-electron chi connectivity index (χ3n) is 2.47. The van der Waals surface area contributed by atoms with Gasteiger partial charge in [0.15, 0.2) is 0 Å². The molecule has 0 saturated carbocycles. The molecule has 1 heterocycles. The lowest BCUT2D eigenvalue weighted by molar-refractivity contribution is 0.812. The summed E-state index contributed by atoms with van der Waals surface area (Å²) in [7, 11) is 0. The Hall–Kier alpha value is -0.780. The van der Waals surface area contributed by atoms with Crippen molar-refractivity contribution in [2.75, 3.05) is 6.54 Å². The first-order valence-corrected chi connectivity index (χ1v) is 7.10. The van der Waals surface area contributed by atoms with Crippen LogP contribution in [0.15, 0.2) is 22.7 Å². The maximum atomic E-state index is 5.48. The number of hydrogen-bond donors (Lipinski definition) is 1. The van der Waals surface area contributed by atoms with Crippen LogP contribution in [0.1, 0.15) is 17.0 Å². The summed E-state index contributed by atoms with van der Waals surface area (Å²) >= 11 is 5.14. The van der Waals surface area contributed by atoms with Crippen LogP contribution in [0.4, 0.5) is 0 Å². The van der Waals surface area contributed by atoms with E-state index in [1.54, 1.807) is 11.3 Å². The first-order valence-electron chi connectivity index (χ1n) is 5.49. The van der Waals surface area contributed by atoms with E-state index in [9.17, 15) is 0 Å². The minimum Gasteiger partial charge on any atom is -0.330 e. The first-order chi connectivity index (χ1) is 8.20. The number of aryl methyl sites for hydroxylation is 2. The SMILES string of the molecule is Cc1cc(-c2nnc(CCCN)s2)ccc1Br. The lowest BCUT2D eigenvalue weighted by Crippen LogP contribution is -1.99. The van der Waals surface area contributed by atoms with E-state index in [0.29, 0.717) is 6.54 Å². The number of benzene rings is 1. The standard InChI is InChI=1S/C12H14BrN3S/c1-8-7-9(4-5-10(8)13)12-16-15-11(17-12)3-2-6-14/h4-5,7H,2-3,6,14H2,1H3. The van der Waals surface area contributed by atoms with E-state index >= 15 is 0 Å². The van der Waals surface area contributed by atoms with Crippen molar-refractivity contribution in [1.29, 1.82) is 0 Å². The van der Waals surface area contributed by atoms with E-state index in [1.165, 1.54) is 5.56 Å². The van der Waals surface area contributed by atoms with Gasteiger partial charge < -0.3 is 5.73 Å². The minimum absolute atomic E-state index is 0.701. The van der Waals surface area contributed by atoms with Gasteiger partial charge in [-0.1, -0.05) is 33.3 Å². The third kappa shape index (κ3) is 3.12. The number of aromatic nitrogens is 2. The molecule has 0 fully saturated rings. The molecule has 0 aliphatic heterocycles. The molecule has 90 valence electrons. The van der Waals surface area contributed by atoms with Crippen molar-refractivity contribution < 1.29 is 0 Å². The Balaban J connectivity index is 2.21. The van der Waals surface area contributed by atoms with Gasteiger partial charge in [-0.2, -0.15) is 0 Å². The van der Waals surface area contributed by atoms with Gasteiger partial charge in [0.1, 0.15) is 10.0 Å². The van der Waals surface area contributed by atoms with Crippen LogP contribution in [-0.4, -0.2) is 16.7 Å². The van der Waals surface area contributed by atoms with Crippen LogP contribution >= 0.6 is 27.3 Å². The van der Waals surface area contributed by atoms with Crippen molar-refractivity contribution >= 4 is 27.3 Å². The molecule has 0 atom stereocenters. The van der Waals surface area contributed by atoms with Gasteiger partial charge in [0.05, 0.1) is 0 Å². The molecule has 3 nitrogen and oxygen atoms in total. The van der Waals surface area contributed by atoms with Gasteiger partial charge >= 0.3 is 0 Å². The van der Waals surface area contributed by atoms with Crippen LogP contribution in [0.3, 0.4) is 0 Å². The summed E-state index contributed by atoms with van der Waals surface area (Å²) in [6, 6.07) is 6.23. The summed E-state index contributed by atoms with van der Waals surface area (Å²) in [5, 5.41) is 10.4. The van der Waals surface area contributed by atoms with Crippen molar-refractivity contribution in [3.63, 3.8) is 0 Å². The quantitative estimate of drug-likeness (QED) is 0.943. The highest BCUT2D eigenvalue weighted by atomic mass is 79.9. The largest absolute Gasteiger partial charge is 0.330 e. The van der Waals surface area contributed by atoms with Gasteiger partial charge in [-0.05, 0) is 37.6 Å². The summed E-state index contributed by atoms with van der Waals surface area (Å²) in [5.41, 5.74) is 7.82. The highest BCUT2D eigenvalue weighted by molar-refractivity contribution is 9.10. The van der Waals surface area contributed by atoms with Crippen LogP contribution in [0.5, 0.6) is 0 Å². The zero-order valence-electron chi connectivity index (χ0n) is 9.61. The van der Waals surface area contributed by atoms with E-state index in [-0.39, 0.29) is 0 Å². The zero-order valence-corrected chi connectivity index (χ0v) is 12.0. The molecular formula is C12H14BrN3S. The van der Waals surface area contributed by atoms with Crippen molar-refractivity contribution in [2.45, 2.75) is 19.8 Å². The van der Waals surface area contributed by atoms with Crippen LogP contribution in [0.25, 0.3) is 10.6 Å². The van der Waals surface area contributed by atoms with Crippen LogP contribution in [-0.2, 0) is 6.42 Å². The van der Waals surface area contributed by atoms with E-state index in [4.69, 9.17) is 5.73 Å². The maximum Gasteiger partial charge on any atom is 0.147 e. The van der Waals surface area contributed by atoms with E-state index in [0.717, 1.165) is 32.9 Å². The molecule has 0 unspecified atom stereocenters. The molecule has 1 aromatic heterocycles. The van der Waals surface area contributed by atoms with Gasteiger partial charge in [-0.3, -0.25) is 0 Å². The highest BCUT2D eigenvalue weighted by Gasteiger charge is 2.07. The first kappa shape index (κ1) is 12.7. The molecule has 0 bridgehead atoms. The molecule has 0 aliphatic carbocycles. The molecule has 0 aliphatic rings. The van der Waals surface area contributed by atoms with Crippen molar-refractivity contribution in [1.82, 2.24) is 10.2 Å². The van der Waals surface area contributed by atoms with Gasteiger partial charge in [0, 0.05) is 16.5 Å². The molecular weight excluding hydrogens is 298 g/mol. The molecule has 1 aromatic carbocycles. The Bertz CT molecular complexity index is 510. The van der Waals surface area contributed by atoms with Crippen molar-refractivity contribution in [2.24, 2.45) is 5.73 Å². The van der Waals surface area contributed by atoms with Crippen LogP contribution in [0.2, 0.25) is 0 Å². The molecule has 17 heavy (non-hydrogen) atoms. The molecule has 0 saturated heterocycles. The average Bonchev–Trinajstić information content (AvgIpc) is 2.79. The van der Waals surface area contributed by atoms with Crippen LogP contribution < -0.4 is 5.73 Å². The molecule has 2 N–H and O–H groups in total. The fraction of sp³-hybridized carbons (Fsp3) is 0.333. The van der Waals surface area contributed by atoms with E-state index in [2.05, 4.69) is 45.2 Å². The summed E-state index contributed by atoms with van der Waals surface area (Å²) in [4.78, 5) is 0. The predicted molar refractivity (Wildman–Crippen MR) is 75.2 cm³/mol. The Labute approximate surface area is 113 Å². The Morgan fingerprint density at radius 1 is 1.35 bits per heavy atom. The normalized spacial score (nSPS) is 10.8. The number of rotatable bonds is 4. The van der Waals surface area contributed by atoms with Gasteiger partial charge in [0.2, 0.25) is 0 Å². The maximum absolute atomic E-state index is 5.48. The predicted octanol–water partition coefficient (Wildman–Crippen LogP) is 3.17. The Morgan fingerprint density at radius 2 is 2.18 bits per heavy atom. The topological polar surface area (TPSA) is 51.8 Å². The minimum atomic E-state index is 0.701. The second kappa shape index (κ2) is 5.71. The smallest absolute Gasteiger partial charge is 0.147 e. The summed E-state index contributed by atoms with van der Waals surface area (Å²) in [6.07, 6.45) is 1.89. The highest BCUT2D eigenvalue weighted by Crippen LogP contribution is 2.27. The van der Waals surface area contributed by atoms with Crippen LogP contribution in [0, 0.1) is 6.92 Å². The summed E-state index contributed by atoms with van der Waals surface area (Å²) in [5.74, 6) is 0. The number of halogens is 1. The fourth-order valence-corrected chi connectivity index (χ4v) is 2.63.